The Bertz CT molecular complexity index is 1940. The summed E-state index contributed by atoms with van der Waals surface area (Å²) in [7, 11) is 6.65. The lowest BCUT2D eigenvalue weighted by molar-refractivity contribution is 0.0940. The Hall–Kier alpha value is -5.28. The molecule has 0 aliphatic carbocycles. The average Bonchev–Trinajstić information content (AvgIpc) is 3.13. The van der Waals surface area contributed by atoms with E-state index in [4.69, 9.17) is 18.9 Å². The van der Waals surface area contributed by atoms with Gasteiger partial charge >= 0.3 is 0 Å². The van der Waals surface area contributed by atoms with Crippen LogP contribution in [0.15, 0.2) is 84.9 Å². The van der Waals surface area contributed by atoms with Gasteiger partial charge in [-0.3, -0.25) is 14.7 Å². The molecule has 1 aliphatic heterocycles. The minimum atomic E-state index is -0.106. The molecule has 0 saturated heterocycles. The fourth-order valence-electron chi connectivity index (χ4n) is 6.75. The van der Waals surface area contributed by atoms with Crippen LogP contribution in [0.4, 0.5) is 11.4 Å². The van der Waals surface area contributed by atoms with Crippen molar-refractivity contribution in [1.29, 1.82) is 0 Å². The number of hydrogen-bond acceptors (Lipinski definition) is 8. The lowest BCUT2D eigenvalue weighted by Gasteiger charge is -2.38. The van der Waals surface area contributed by atoms with Gasteiger partial charge in [0, 0.05) is 53.7 Å². The molecule has 0 fully saturated rings. The normalized spacial score (nSPS) is 14.2. The summed E-state index contributed by atoms with van der Waals surface area (Å²) in [5.41, 5.74) is 7.92. The lowest BCUT2D eigenvalue weighted by Crippen LogP contribution is -2.41. The van der Waals surface area contributed by atoms with Gasteiger partial charge in [0.15, 0.2) is 23.0 Å². The van der Waals surface area contributed by atoms with E-state index >= 15 is 0 Å². The average molecular weight is 661 g/mol. The van der Waals surface area contributed by atoms with Crippen molar-refractivity contribution in [3.8, 4) is 23.0 Å². The van der Waals surface area contributed by atoms with Crippen molar-refractivity contribution >= 4 is 28.2 Å². The molecule has 1 atom stereocenters. The first-order valence-electron chi connectivity index (χ1n) is 16.6. The molecule has 0 radical (unpaired) electrons. The molecule has 0 bridgehead atoms. The van der Waals surface area contributed by atoms with E-state index in [1.165, 1.54) is 16.7 Å². The number of aromatic nitrogens is 1. The molecule has 49 heavy (non-hydrogen) atoms. The second kappa shape index (κ2) is 15.3. The van der Waals surface area contributed by atoms with E-state index in [0.29, 0.717) is 24.4 Å². The number of aryl methyl sites for hydroxylation is 2. The molecule has 1 amide bonds. The predicted molar refractivity (Wildman–Crippen MR) is 194 cm³/mol. The monoisotopic (exact) mass is 660 g/mol. The number of pyridine rings is 1. The first-order valence-corrected chi connectivity index (χ1v) is 16.6. The van der Waals surface area contributed by atoms with Crippen LogP contribution >= 0.6 is 0 Å². The van der Waals surface area contributed by atoms with Crippen LogP contribution in [0.25, 0.3) is 10.9 Å². The molecule has 0 spiro atoms. The highest BCUT2D eigenvalue weighted by Gasteiger charge is 2.29. The highest BCUT2D eigenvalue weighted by Crippen LogP contribution is 2.40. The Balaban J connectivity index is 1.16. The fourth-order valence-corrected chi connectivity index (χ4v) is 6.75. The van der Waals surface area contributed by atoms with Crippen LogP contribution in [0.3, 0.4) is 0 Å². The Morgan fingerprint density at radius 1 is 0.837 bits per heavy atom. The van der Waals surface area contributed by atoms with Crippen molar-refractivity contribution in [2.24, 2.45) is 0 Å². The van der Waals surface area contributed by atoms with Gasteiger partial charge < -0.3 is 29.6 Å². The Morgan fingerprint density at radius 2 is 1.59 bits per heavy atom. The van der Waals surface area contributed by atoms with Crippen LogP contribution in [0, 0.1) is 6.92 Å². The quantitative estimate of drug-likeness (QED) is 0.136. The maximum atomic E-state index is 13.4. The summed E-state index contributed by atoms with van der Waals surface area (Å²) in [6.45, 7) is 4.07. The van der Waals surface area contributed by atoms with Gasteiger partial charge in [-0.25, -0.2) is 0 Å². The van der Waals surface area contributed by atoms with Crippen molar-refractivity contribution < 1.29 is 23.7 Å². The minimum absolute atomic E-state index is 0.106. The number of anilines is 2. The molecule has 1 aromatic heterocycles. The molecule has 6 rings (SSSR count). The standard InChI is InChI=1S/C40H44N4O5/c1-26-21-34(31-11-6-7-12-33(31)42-26)43-30-10-8-9-29(23-30)40(45)41-18-20-44-19-17-28-24-38(48-4)39(49-5)25-32(28)35(44)15-13-27-14-16-36(46-2)37(22-27)47-3/h6-12,14,16,21-25,35H,13,15,17-20H2,1-5H3,(H,41,45)(H,42,43). The number of carbonyl (C=O) groups excluding carboxylic acids is 1. The van der Waals surface area contributed by atoms with Gasteiger partial charge in [-0.2, -0.15) is 0 Å². The van der Waals surface area contributed by atoms with Crippen LogP contribution in [0.5, 0.6) is 23.0 Å². The maximum absolute atomic E-state index is 13.4. The zero-order valence-electron chi connectivity index (χ0n) is 28.8. The molecule has 9 heteroatoms. The number of benzene rings is 4. The van der Waals surface area contributed by atoms with Crippen LogP contribution in [-0.4, -0.2) is 63.9 Å². The third kappa shape index (κ3) is 7.57. The van der Waals surface area contributed by atoms with Gasteiger partial charge in [0.1, 0.15) is 0 Å². The second-order valence-corrected chi connectivity index (χ2v) is 12.2. The molecule has 2 N–H and O–H groups in total. The van der Waals surface area contributed by atoms with E-state index in [-0.39, 0.29) is 11.9 Å². The summed E-state index contributed by atoms with van der Waals surface area (Å²) >= 11 is 0. The van der Waals surface area contributed by atoms with Crippen LogP contribution in [0.1, 0.15) is 45.2 Å². The van der Waals surface area contributed by atoms with Crippen molar-refractivity contribution in [3.63, 3.8) is 0 Å². The molecule has 4 aromatic carbocycles. The van der Waals surface area contributed by atoms with E-state index < -0.39 is 0 Å². The smallest absolute Gasteiger partial charge is 0.251 e. The number of ether oxygens (including phenoxy) is 4. The number of carbonyl (C=O) groups is 1. The number of nitrogens with zero attached hydrogens (tertiary/aromatic N) is 2. The van der Waals surface area contributed by atoms with Crippen molar-refractivity contribution in [2.45, 2.75) is 32.2 Å². The van der Waals surface area contributed by atoms with Gasteiger partial charge in [0.25, 0.3) is 5.91 Å². The highest BCUT2D eigenvalue weighted by atomic mass is 16.5. The van der Waals surface area contributed by atoms with Gasteiger partial charge in [-0.1, -0.05) is 30.3 Å². The van der Waals surface area contributed by atoms with Gasteiger partial charge in [-0.05, 0) is 97.5 Å². The molecule has 1 unspecified atom stereocenters. The maximum Gasteiger partial charge on any atom is 0.251 e. The summed E-state index contributed by atoms with van der Waals surface area (Å²) in [4.78, 5) is 20.5. The SMILES string of the molecule is COc1ccc(CCC2c3cc(OC)c(OC)cc3CCN2CCNC(=O)c2cccc(Nc3cc(C)nc4ccccc34)c2)cc1OC. The second-order valence-electron chi connectivity index (χ2n) is 12.2. The summed E-state index contributed by atoms with van der Waals surface area (Å²) in [5.74, 6) is 2.79. The molecule has 1 aliphatic rings. The third-order valence-corrected chi connectivity index (χ3v) is 9.20. The van der Waals surface area contributed by atoms with Crippen molar-refractivity contribution in [3.05, 3.63) is 113 Å². The van der Waals surface area contributed by atoms with Crippen molar-refractivity contribution in [1.82, 2.24) is 15.2 Å². The first-order chi connectivity index (χ1) is 23.9. The van der Waals surface area contributed by atoms with Crippen molar-refractivity contribution in [2.75, 3.05) is 53.4 Å². The zero-order valence-corrected chi connectivity index (χ0v) is 28.8. The third-order valence-electron chi connectivity index (χ3n) is 9.20. The topological polar surface area (TPSA) is 94.2 Å². The van der Waals surface area contributed by atoms with E-state index in [0.717, 1.165) is 71.0 Å². The number of hydrogen-bond donors (Lipinski definition) is 2. The summed E-state index contributed by atoms with van der Waals surface area (Å²) in [6, 6.07) is 28.1. The van der Waals surface area contributed by atoms with Crippen LogP contribution in [0.2, 0.25) is 0 Å². The number of fused-ring (bicyclic) bond motifs is 2. The number of amides is 1. The summed E-state index contributed by atoms with van der Waals surface area (Å²) < 4.78 is 22.3. The Kier molecular flexibility index (Phi) is 10.5. The van der Waals surface area contributed by atoms with Gasteiger partial charge in [0.05, 0.1) is 34.0 Å². The molecular formula is C40H44N4O5. The Labute approximate surface area is 288 Å². The van der Waals surface area contributed by atoms with E-state index in [2.05, 4.69) is 38.7 Å². The first kappa shape index (κ1) is 33.6. The summed E-state index contributed by atoms with van der Waals surface area (Å²) in [5, 5.41) is 7.70. The number of methoxy groups -OCH3 is 4. The number of para-hydroxylation sites is 1. The lowest BCUT2D eigenvalue weighted by atomic mass is 9.88. The zero-order chi connectivity index (χ0) is 34.3. The number of nitrogens with one attached hydrogen (secondary N) is 2. The molecule has 254 valence electrons. The van der Waals surface area contributed by atoms with Gasteiger partial charge in [0.2, 0.25) is 0 Å². The Morgan fingerprint density at radius 3 is 2.39 bits per heavy atom. The van der Waals surface area contributed by atoms with Crippen LogP contribution < -0.4 is 29.6 Å². The van der Waals surface area contributed by atoms with E-state index in [9.17, 15) is 4.79 Å². The molecular weight excluding hydrogens is 616 g/mol. The van der Waals surface area contributed by atoms with Crippen LogP contribution in [-0.2, 0) is 12.8 Å². The van der Waals surface area contributed by atoms with E-state index in [1.54, 1.807) is 28.4 Å². The fraction of sp³-hybridized carbons (Fsp3) is 0.300. The summed E-state index contributed by atoms with van der Waals surface area (Å²) in [6.07, 6.45) is 2.60. The van der Waals surface area contributed by atoms with E-state index in [1.807, 2.05) is 73.7 Å². The minimum Gasteiger partial charge on any atom is -0.493 e. The molecule has 5 aromatic rings. The predicted octanol–water partition coefficient (Wildman–Crippen LogP) is 7.28. The molecule has 9 nitrogen and oxygen atoms in total. The molecule has 2 heterocycles. The molecule has 0 saturated carbocycles. The largest absolute Gasteiger partial charge is 0.493 e. The number of rotatable bonds is 13. The van der Waals surface area contributed by atoms with Gasteiger partial charge in [-0.15, -0.1) is 0 Å². The highest BCUT2D eigenvalue weighted by molar-refractivity contribution is 5.96.